The number of rotatable bonds is 5. The number of hydrogen-bond donors (Lipinski definition) is 1. The van der Waals surface area contributed by atoms with E-state index in [0.717, 1.165) is 39.3 Å². The molecule has 1 N–H and O–H groups in total. The molecule has 8 nitrogen and oxygen atoms in total. The first-order valence-corrected chi connectivity index (χ1v) is 7.65. The Morgan fingerprint density at radius 2 is 2.13 bits per heavy atom. The van der Waals surface area contributed by atoms with E-state index in [-0.39, 0.29) is 11.3 Å². The predicted octanol–water partition coefficient (Wildman–Crippen LogP) is 0.793. The molecule has 0 aliphatic carbocycles. The third-order valence-electron chi connectivity index (χ3n) is 4.53. The lowest BCUT2D eigenvalue weighted by atomic mass is 10.1. The van der Waals surface area contributed by atoms with Crippen LogP contribution in [-0.4, -0.2) is 73.1 Å². The second-order valence-electron chi connectivity index (χ2n) is 5.85. The first-order valence-electron chi connectivity index (χ1n) is 7.65. The van der Waals surface area contributed by atoms with E-state index >= 15 is 0 Å². The van der Waals surface area contributed by atoms with Crippen LogP contribution in [0.5, 0.6) is 0 Å². The zero-order valence-electron chi connectivity index (χ0n) is 13.0. The molecule has 124 valence electrons. The summed E-state index contributed by atoms with van der Waals surface area (Å²) in [5, 5.41) is 14.3. The highest BCUT2D eigenvalue weighted by molar-refractivity contribution is 5.95. The maximum absolute atomic E-state index is 11.7. The van der Waals surface area contributed by atoms with Crippen LogP contribution in [0, 0.1) is 10.1 Å². The molecule has 0 radical (unpaired) electrons. The average Bonchev–Trinajstić information content (AvgIpc) is 2.60. The molecule has 3 fully saturated rings. The zero-order valence-corrected chi connectivity index (χ0v) is 13.0. The van der Waals surface area contributed by atoms with Crippen molar-refractivity contribution in [2.45, 2.75) is 6.04 Å². The van der Waals surface area contributed by atoms with Crippen LogP contribution in [0.2, 0.25) is 0 Å². The number of methoxy groups -OCH3 is 1. The van der Waals surface area contributed by atoms with E-state index in [4.69, 9.17) is 0 Å². The highest BCUT2D eigenvalue weighted by Crippen LogP contribution is 2.24. The standard InChI is InChI=1S/C15H20N4O4/c1-23-15(20)13-8-11(2-3-14(13)19(21)22)16-9-12-10-17-4-6-18(12)7-5-17/h2-3,8,12,16H,4-7,9-10H2,1H3. The normalized spacial score (nSPS) is 25.9. The molecule has 1 aromatic rings. The number of carbonyl (C=O) groups is 1. The lowest BCUT2D eigenvalue weighted by Gasteiger charge is -2.47. The van der Waals surface area contributed by atoms with Crippen LogP contribution < -0.4 is 5.32 Å². The van der Waals surface area contributed by atoms with Gasteiger partial charge < -0.3 is 10.1 Å². The van der Waals surface area contributed by atoms with Gasteiger partial charge >= 0.3 is 5.97 Å². The SMILES string of the molecule is COC(=O)c1cc(NCC2CN3CCN2CC3)ccc1[N+](=O)[O-]. The molecule has 0 aromatic heterocycles. The lowest BCUT2D eigenvalue weighted by Crippen LogP contribution is -2.62. The number of esters is 1. The van der Waals surface area contributed by atoms with E-state index in [2.05, 4.69) is 19.9 Å². The molecule has 1 aromatic carbocycles. The summed E-state index contributed by atoms with van der Waals surface area (Å²) >= 11 is 0. The fourth-order valence-electron chi connectivity index (χ4n) is 3.23. The van der Waals surface area contributed by atoms with Gasteiger partial charge in [-0.15, -0.1) is 0 Å². The van der Waals surface area contributed by atoms with Crippen molar-refractivity contribution in [2.75, 3.05) is 51.7 Å². The van der Waals surface area contributed by atoms with Crippen LogP contribution in [-0.2, 0) is 4.74 Å². The zero-order chi connectivity index (χ0) is 16.4. The summed E-state index contributed by atoms with van der Waals surface area (Å²) in [6.45, 7) is 6.19. The Bertz CT molecular complexity index is 613. The number of fused-ring (bicyclic) bond motifs is 3. The minimum absolute atomic E-state index is 0.0308. The van der Waals surface area contributed by atoms with Gasteiger partial charge in [-0.3, -0.25) is 19.9 Å². The van der Waals surface area contributed by atoms with Crippen molar-refractivity contribution in [3.8, 4) is 0 Å². The minimum Gasteiger partial charge on any atom is -0.465 e. The molecule has 1 unspecified atom stereocenters. The van der Waals surface area contributed by atoms with Gasteiger partial charge in [-0.1, -0.05) is 0 Å². The Hall–Kier alpha value is -2.19. The van der Waals surface area contributed by atoms with E-state index in [1.807, 2.05) is 0 Å². The van der Waals surface area contributed by atoms with Crippen molar-refractivity contribution in [1.82, 2.24) is 9.80 Å². The lowest BCUT2D eigenvalue weighted by molar-refractivity contribution is -0.385. The summed E-state index contributed by atoms with van der Waals surface area (Å²) in [6, 6.07) is 4.88. The van der Waals surface area contributed by atoms with Gasteiger partial charge in [-0.2, -0.15) is 0 Å². The van der Waals surface area contributed by atoms with Crippen LogP contribution in [0.15, 0.2) is 18.2 Å². The van der Waals surface area contributed by atoms with Gasteiger partial charge in [0.05, 0.1) is 12.0 Å². The van der Waals surface area contributed by atoms with Crippen molar-refractivity contribution in [2.24, 2.45) is 0 Å². The molecule has 3 aliphatic rings. The third kappa shape index (κ3) is 3.27. The van der Waals surface area contributed by atoms with E-state index < -0.39 is 10.9 Å². The molecule has 23 heavy (non-hydrogen) atoms. The maximum Gasteiger partial charge on any atom is 0.344 e. The van der Waals surface area contributed by atoms with Gasteiger partial charge in [0.25, 0.3) is 5.69 Å². The number of nitro groups is 1. The van der Waals surface area contributed by atoms with Gasteiger partial charge in [0.1, 0.15) is 5.56 Å². The summed E-state index contributed by atoms with van der Waals surface area (Å²) in [5.74, 6) is -0.702. The minimum atomic E-state index is -0.702. The summed E-state index contributed by atoms with van der Waals surface area (Å²) in [5.41, 5.74) is 0.416. The maximum atomic E-state index is 11.7. The second-order valence-corrected chi connectivity index (χ2v) is 5.85. The molecule has 1 atom stereocenters. The van der Waals surface area contributed by atoms with Crippen molar-refractivity contribution in [3.63, 3.8) is 0 Å². The molecule has 3 heterocycles. The molecule has 4 rings (SSSR count). The summed E-state index contributed by atoms with van der Waals surface area (Å²) in [6.07, 6.45) is 0. The Kier molecular flexibility index (Phi) is 4.44. The Balaban J connectivity index is 1.70. The number of nitrogens with one attached hydrogen (secondary N) is 1. The number of piperazine rings is 3. The smallest absolute Gasteiger partial charge is 0.344 e. The largest absolute Gasteiger partial charge is 0.465 e. The number of carbonyl (C=O) groups excluding carboxylic acids is 1. The van der Waals surface area contributed by atoms with Gasteiger partial charge in [0.15, 0.2) is 0 Å². The molecule has 2 bridgehead atoms. The van der Waals surface area contributed by atoms with Crippen LogP contribution in [0.4, 0.5) is 11.4 Å². The number of benzene rings is 1. The number of hydrogen-bond acceptors (Lipinski definition) is 7. The highest BCUT2D eigenvalue weighted by atomic mass is 16.6. The number of ether oxygens (including phenoxy) is 1. The topological polar surface area (TPSA) is 88.0 Å². The molecular formula is C15H20N4O4. The van der Waals surface area contributed by atoms with Crippen LogP contribution in [0.25, 0.3) is 0 Å². The van der Waals surface area contributed by atoms with Crippen LogP contribution in [0.1, 0.15) is 10.4 Å². The van der Waals surface area contributed by atoms with Crippen molar-refractivity contribution >= 4 is 17.3 Å². The molecule has 3 aliphatic heterocycles. The molecule has 0 spiro atoms. The van der Waals surface area contributed by atoms with Crippen molar-refractivity contribution in [3.05, 3.63) is 33.9 Å². The number of nitro benzene ring substituents is 1. The molecule has 3 saturated heterocycles. The predicted molar refractivity (Wildman–Crippen MR) is 84.7 cm³/mol. The third-order valence-corrected chi connectivity index (χ3v) is 4.53. The average molecular weight is 320 g/mol. The Labute approximate surface area is 134 Å². The second kappa shape index (κ2) is 6.51. The van der Waals surface area contributed by atoms with E-state index in [9.17, 15) is 14.9 Å². The Morgan fingerprint density at radius 3 is 2.70 bits per heavy atom. The van der Waals surface area contributed by atoms with E-state index in [1.165, 1.54) is 19.2 Å². The number of anilines is 1. The number of nitrogens with zero attached hydrogens (tertiary/aromatic N) is 3. The van der Waals surface area contributed by atoms with Gasteiger partial charge in [0, 0.05) is 57.1 Å². The molecule has 0 amide bonds. The van der Waals surface area contributed by atoms with Crippen LogP contribution >= 0.6 is 0 Å². The monoisotopic (exact) mass is 320 g/mol. The fourth-order valence-corrected chi connectivity index (χ4v) is 3.23. The van der Waals surface area contributed by atoms with E-state index in [1.54, 1.807) is 6.07 Å². The molecular weight excluding hydrogens is 300 g/mol. The van der Waals surface area contributed by atoms with E-state index in [0.29, 0.717) is 11.7 Å². The van der Waals surface area contributed by atoms with Gasteiger partial charge in [-0.05, 0) is 12.1 Å². The van der Waals surface area contributed by atoms with Crippen molar-refractivity contribution < 1.29 is 14.5 Å². The fraction of sp³-hybridized carbons (Fsp3) is 0.533. The van der Waals surface area contributed by atoms with Gasteiger partial charge in [-0.25, -0.2) is 4.79 Å². The first-order chi connectivity index (χ1) is 11.1. The van der Waals surface area contributed by atoms with Crippen LogP contribution in [0.3, 0.4) is 0 Å². The first kappa shape index (κ1) is 15.7. The summed E-state index contributed by atoms with van der Waals surface area (Å²) < 4.78 is 4.63. The quantitative estimate of drug-likeness (QED) is 0.487. The van der Waals surface area contributed by atoms with Gasteiger partial charge in [0.2, 0.25) is 0 Å². The molecule has 0 saturated carbocycles. The van der Waals surface area contributed by atoms with Crippen molar-refractivity contribution in [1.29, 1.82) is 0 Å². The highest BCUT2D eigenvalue weighted by Gasteiger charge is 2.31. The molecule has 8 heteroatoms. The summed E-state index contributed by atoms with van der Waals surface area (Å²) in [7, 11) is 1.21. The Morgan fingerprint density at radius 1 is 1.39 bits per heavy atom. The summed E-state index contributed by atoms with van der Waals surface area (Å²) in [4.78, 5) is 27.1.